The summed E-state index contributed by atoms with van der Waals surface area (Å²) in [6.07, 6.45) is 3.49. The number of fused-ring (bicyclic) bond motifs is 1. The maximum atomic E-state index is 12.0. The highest BCUT2D eigenvalue weighted by Crippen LogP contribution is 2.27. The van der Waals surface area contributed by atoms with Crippen molar-refractivity contribution in [2.75, 3.05) is 33.4 Å². The van der Waals surface area contributed by atoms with Gasteiger partial charge >= 0.3 is 0 Å². The minimum atomic E-state index is 0.0497. The van der Waals surface area contributed by atoms with E-state index in [1.807, 2.05) is 41.4 Å². The fraction of sp³-hybridized carbons (Fsp3) is 0.409. The summed E-state index contributed by atoms with van der Waals surface area (Å²) in [6, 6.07) is 10.1. The quantitative estimate of drug-likeness (QED) is 0.796. The Morgan fingerprint density at radius 1 is 1.34 bits per heavy atom. The van der Waals surface area contributed by atoms with Gasteiger partial charge in [-0.3, -0.25) is 14.6 Å². The first-order chi connectivity index (χ1) is 14.1. The van der Waals surface area contributed by atoms with Gasteiger partial charge in [0.05, 0.1) is 18.0 Å². The first kappa shape index (κ1) is 19.4. The fourth-order valence-electron chi connectivity index (χ4n) is 4.02. The van der Waals surface area contributed by atoms with Crippen LogP contribution in [0.15, 0.2) is 47.1 Å². The molecule has 3 heterocycles. The number of amides is 1. The van der Waals surface area contributed by atoms with E-state index in [2.05, 4.69) is 0 Å². The van der Waals surface area contributed by atoms with Crippen molar-refractivity contribution < 1.29 is 19.1 Å². The highest BCUT2D eigenvalue weighted by Gasteiger charge is 2.27. The van der Waals surface area contributed by atoms with Gasteiger partial charge in [-0.15, -0.1) is 0 Å². The van der Waals surface area contributed by atoms with E-state index in [1.54, 1.807) is 18.8 Å². The van der Waals surface area contributed by atoms with Crippen molar-refractivity contribution in [1.82, 2.24) is 4.90 Å². The molecule has 2 aliphatic heterocycles. The van der Waals surface area contributed by atoms with Crippen LogP contribution in [0.25, 0.3) is 16.6 Å². The van der Waals surface area contributed by atoms with E-state index < -0.39 is 0 Å². The number of carbonyl (C=O) groups excluding carboxylic acids is 1. The number of aliphatic imine (C=N–C) groups is 1. The molecule has 2 fully saturated rings. The van der Waals surface area contributed by atoms with Crippen LogP contribution < -0.4 is 15.3 Å². The zero-order valence-electron chi connectivity index (χ0n) is 16.9. The van der Waals surface area contributed by atoms with Crippen LogP contribution in [0.2, 0.25) is 0 Å². The summed E-state index contributed by atoms with van der Waals surface area (Å²) in [5, 5.41) is 0.991. The van der Waals surface area contributed by atoms with Gasteiger partial charge in [-0.2, -0.15) is 0 Å². The number of nitrogens with two attached hydrogens (primary N) is 1. The summed E-state index contributed by atoms with van der Waals surface area (Å²) in [6.45, 7) is 4.13. The Balaban J connectivity index is 1.84. The number of ether oxygens (including phenoxy) is 1. The SMILES string of the molecule is CO[n+]1cccc2c(C(N)=C3CN(C(C)=O)CCC3=NC3CCOC3)cccc21. The molecule has 1 unspecified atom stereocenters. The number of rotatable bonds is 3. The molecule has 7 heteroatoms. The number of aromatic nitrogens is 1. The highest BCUT2D eigenvalue weighted by atomic mass is 16.6. The Morgan fingerprint density at radius 3 is 2.93 bits per heavy atom. The lowest BCUT2D eigenvalue weighted by Gasteiger charge is -2.30. The van der Waals surface area contributed by atoms with E-state index in [0.29, 0.717) is 31.8 Å². The number of carbonyl (C=O) groups is 1. The smallest absolute Gasteiger partial charge is 0.265 e. The second-order valence-corrected chi connectivity index (χ2v) is 7.43. The van der Waals surface area contributed by atoms with E-state index in [-0.39, 0.29) is 11.9 Å². The maximum absolute atomic E-state index is 12.0. The van der Waals surface area contributed by atoms with Crippen molar-refractivity contribution in [2.45, 2.75) is 25.8 Å². The molecule has 0 bridgehead atoms. The molecule has 7 nitrogen and oxygen atoms in total. The first-order valence-corrected chi connectivity index (χ1v) is 9.95. The minimum absolute atomic E-state index is 0.0497. The number of pyridine rings is 1. The summed E-state index contributed by atoms with van der Waals surface area (Å²) in [5.74, 6) is 0.0497. The van der Waals surface area contributed by atoms with E-state index in [0.717, 1.165) is 40.8 Å². The molecule has 0 radical (unpaired) electrons. The topological polar surface area (TPSA) is 81.0 Å². The monoisotopic (exact) mass is 395 g/mol. The normalized spacial score (nSPS) is 22.9. The summed E-state index contributed by atoms with van der Waals surface area (Å²) in [7, 11) is 1.63. The Bertz CT molecular complexity index is 993. The number of benzene rings is 1. The van der Waals surface area contributed by atoms with E-state index in [4.69, 9.17) is 20.3 Å². The standard InChI is InChI=1S/C22H27N4O3/c1-15(27)25-11-8-20(24-16-9-12-29-14-16)19(13-25)22(23)18-5-3-7-21-17(18)6-4-10-26(21)28-2/h3-7,10,16H,8-9,11-14,23H2,1-2H3/q+1. The molecular formula is C22H27N4O3+. The molecule has 4 rings (SSSR count). The molecule has 2 N–H and O–H groups in total. The Morgan fingerprint density at radius 2 is 2.21 bits per heavy atom. The molecule has 29 heavy (non-hydrogen) atoms. The maximum Gasteiger partial charge on any atom is 0.265 e. The predicted octanol–water partition coefficient (Wildman–Crippen LogP) is 1.34. The average Bonchev–Trinajstić information content (AvgIpc) is 3.25. The Labute approximate surface area is 170 Å². The van der Waals surface area contributed by atoms with Gasteiger partial charge in [0.1, 0.15) is 7.11 Å². The first-order valence-electron chi connectivity index (χ1n) is 9.95. The van der Waals surface area contributed by atoms with E-state index >= 15 is 0 Å². The van der Waals surface area contributed by atoms with Crippen LogP contribution in [0, 0.1) is 0 Å². The van der Waals surface area contributed by atoms with Crippen LogP contribution in [0.1, 0.15) is 25.3 Å². The average molecular weight is 395 g/mol. The van der Waals surface area contributed by atoms with Gasteiger partial charge in [-0.25, -0.2) is 0 Å². The van der Waals surface area contributed by atoms with Crippen molar-refractivity contribution >= 4 is 28.2 Å². The van der Waals surface area contributed by atoms with Gasteiger partial charge in [0.2, 0.25) is 12.1 Å². The van der Waals surface area contributed by atoms with Crippen LogP contribution >= 0.6 is 0 Å². The van der Waals surface area contributed by atoms with Crippen LogP contribution in [0.5, 0.6) is 0 Å². The number of nitrogens with zero attached hydrogens (tertiary/aromatic N) is 3. The van der Waals surface area contributed by atoms with Gasteiger partial charge in [0.15, 0.2) is 0 Å². The van der Waals surface area contributed by atoms with Crippen molar-refractivity contribution in [3.63, 3.8) is 0 Å². The van der Waals surface area contributed by atoms with Crippen molar-refractivity contribution in [1.29, 1.82) is 0 Å². The lowest BCUT2D eigenvalue weighted by atomic mass is 9.94. The molecule has 2 aliphatic rings. The highest BCUT2D eigenvalue weighted by molar-refractivity contribution is 6.09. The summed E-state index contributed by atoms with van der Waals surface area (Å²) < 4.78 is 7.20. The van der Waals surface area contributed by atoms with Crippen LogP contribution in [0.4, 0.5) is 0 Å². The number of piperidine rings is 1. The molecule has 1 aromatic heterocycles. The zero-order valence-corrected chi connectivity index (χ0v) is 16.9. The Hall–Kier alpha value is -2.93. The lowest BCUT2D eigenvalue weighted by Crippen LogP contribution is -2.41. The third kappa shape index (κ3) is 3.82. The molecule has 0 saturated carbocycles. The Kier molecular flexibility index (Phi) is 5.49. The molecule has 2 saturated heterocycles. The van der Waals surface area contributed by atoms with Gasteiger partial charge in [0.25, 0.3) is 5.52 Å². The molecular weight excluding hydrogens is 368 g/mol. The fourth-order valence-corrected chi connectivity index (χ4v) is 4.02. The molecule has 1 amide bonds. The largest absolute Gasteiger partial charge is 0.398 e. The van der Waals surface area contributed by atoms with Gasteiger partial charge in [-0.1, -0.05) is 12.1 Å². The predicted molar refractivity (Wildman–Crippen MR) is 111 cm³/mol. The molecule has 0 aliphatic carbocycles. The van der Waals surface area contributed by atoms with E-state index in [1.165, 1.54) is 0 Å². The van der Waals surface area contributed by atoms with Crippen molar-refractivity contribution in [3.8, 4) is 0 Å². The van der Waals surface area contributed by atoms with Crippen LogP contribution in [-0.2, 0) is 9.53 Å². The van der Waals surface area contributed by atoms with Gasteiger partial charge in [0, 0.05) is 72.4 Å². The summed E-state index contributed by atoms with van der Waals surface area (Å²) in [5.41, 5.74) is 11.2. The molecule has 1 atom stereocenters. The third-order valence-electron chi connectivity index (χ3n) is 5.62. The van der Waals surface area contributed by atoms with Crippen LogP contribution in [0.3, 0.4) is 0 Å². The molecule has 1 aromatic carbocycles. The second kappa shape index (κ2) is 8.21. The lowest BCUT2D eigenvalue weighted by molar-refractivity contribution is -0.865. The van der Waals surface area contributed by atoms with Crippen molar-refractivity contribution in [3.05, 3.63) is 47.7 Å². The second-order valence-electron chi connectivity index (χ2n) is 7.43. The minimum Gasteiger partial charge on any atom is -0.398 e. The molecule has 0 spiro atoms. The van der Waals surface area contributed by atoms with Crippen LogP contribution in [-0.4, -0.2) is 56.0 Å². The molecule has 2 aromatic rings. The van der Waals surface area contributed by atoms with E-state index in [9.17, 15) is 4.79 Å². The van der Waals surface area contributed by atoms with Crippen molar-refractivity contribution in [2.24, 2.45) is 10.7 Å². The number of likely N-dealkylation sites (tertiary alicyclic amines) is 1. The molecule has 152 valence electrons. The summed E-state index contributed by atoms with van der Waals surface area (Å²) >= 11 is 0. The number of hydrogen-bond acceptors (Lipinski definition) is 5. The van der Waals surface area contributed by atoms with Gasteiger partial charge < -0.3 is 15.4 Å². The number of hydrogen-bond donors (Lipinski definition) is 1. The summed E-state index contributed by atoms with van der Waals surface area (Å²) in [4.78, 5) is 24.3. The van der Waals surface area contributed by atoms with Gasteiger partial charge in [-0.05, 0) is 12.5 Å². The zero-order chi connectivity index (χ0) is 20.4. The third-order valence-corrected chi connectivity index (χ3v) is 5.62.